The zero-order valence-corrected chi connectivity index (χ0v) is 19.4. The number of likely N-dealkylation sites (N-methyl/N-ethyl adjacent to an activating group) is 1. The summed E-state index contributed by atoms with van der Waals surface area (Å²) in [6.45, 7) is 2.63. The lowest BCUT2D eigenvalue weighted by Gasteiger charge is -2.27. The highest BCUT2D eigenvalue weighted by Gasteiger charge is 2.16. The molecule has 1 heterocycles. The van der Waals surface area contributed by atoms with Gasteiger partial charge >= 0.3 is 0 Å². The predicted octanol–water partition coefficient (Wildman–Crippen LogP) is 4.21. The zero-order valence-electron chi connectivity index (χ0n) is 18.6. The Kier molecular flexibility index (Phi) is 7.36. The van der Waals surface area contributed by atoms with Gasteiger partial charge in [0.25, 0.3) is 5.91 Å². The van der Waals surface area contributed by atoms with Crippen molar-refractivity contribution in [3.63, 3.8) is 0 Å². The van der Waals surface area contributed by atoms with Crippen molar-refractivity contribution in [1.82, 2.24) is 25.5 Å². The molecular weight excluding hydrogens is 432 g/mol. The molecule has 0 aliphatic heterocycles. The van der Waals surface area contributed by atoms with Gasteiger partial charge in [0.2, 0.25) is 0 Å². The van der Waals surface area contributed by atoms with Gasteiger partial charge in [0.05, 0.1) is 17.0 Å². The highest BCUT2D eigenvalue weighted by Crippen LogP contribution is 2.26. The number of amides is 1. The summed E-state index contributed by atoms with van der Waals surface area (Å²) in [5.41, 5.74) is 2.67. The minimum Gasteiger partial charge on any atom is -0.370 e. The second kappa shape index (κ2) is 10.8. The molecular formula is C25H26N6OS. The van der Waals surface area contributed by atoms with Crippen molar-refractivity contribution in [2.75, 3.05) is 18.5 Å². The van der Waals surface area contributed by atoms with Gasteiger partial charge < -0.3 is 10.2 Å². The lowest BCUT2D eigenvalue weighted by molar-refractivity contribution is 0.0948. The minimum absolute atomic E-state index is 0.0888. The van der Waals surface area contributed by atoms with Gasteiger partial charge in [-0.15, -0.1) is 16.9 Å². The lowest BCUT2D eigenvalue weighted by atomic mass is 10.2. The summed E-state index contributed by atoms with van der Waals surface area (Å²) in [5.74, 6) is 1.17. The molecule has 7 nitrogen and oxygen atoms in total. The summed E-state index contributed by atoms with van der Waals surface area (Å²) in [6.07, 6.45) is 0. The SMILES string of the molecule is CC(CNC(=O)c1ccccc1SCc1nnnn1-c1ccccc1)N(C)c1ccccc1. The number of hydrogen-bond acceptors (Lipinski definition) is 6. The molecule has 0 bridgehead atoms. The second-order valence-corrected chi connectivity index (χ2v) is 8.65. The Hall–Kier alpha value is -3.65. The highest BCUT2D eigenvalue weighted by atomic mass is 32.2. The average molecular weight is 459 g/mol. The number of anilines is 1. The number of nitrogens with zero attached hydrogens (tertiary/aromatic N) is 5. The van der Waals surface area contributed by atoms with Crippen LogP contribution in [0.4, 0.5) is 5.69 Å². The number of rotatable bonds is 9. The molecule has 0 saturated heterocycles. The Morgan fingerprint density at radius 3 is 2.42 bits per heavy atom. The summed E-state index contributed by atoms with van der Waals surface area (Å²) in [5, 5.41) is 15.2. The molecule has 0 aliphatic carbocycles. The van der Waals surface area contributed by atoms with Crippen LogP contribution < -0.4 is 10.2 Å². The topological polar surface area (TPSA) is 75.9 Å². The maximum atomic E-state index is 13.0. The van der Waals surface area contributed by atoms with E-state index < -0.39 is 0 Å². The molecule has 0 fully saturated rings. The van der Waals surface area contributed by atoms with Crippen LogP contribution in [-0.2, 0) is 5.75 Å². The molecule has 0 saturated carbocycles. The van der Waals surface area contributed by atoms with E-state index in [1.54, 1.807) is 16.4 Å². The van der Waals surface area contributed by atoms with Crippen LogP contribution >= 0.6 is 11.8 Å². The van der Waals surface area contributed by atoms with E-state index in [-0.39, 0.29) is 11.9 Å². The van der Waals surface area contributed by atoms with Crippen molar-refractivity contribution in [1.29, 1.82) is 0 Å². The Bertz CT molecular complexity index is 1180. The third-order valence-corrected chi connectivity index (χ3v) is 6.48. The van der Waals surface area contributed by atoms with E-state index in [4.69, 9.17) is 0 Å². The van der Waals surface area contributed by atoms with Crippen LogP contribution in [0.2, 0.25) is 0 Å². The number of carbonyl (C=O) groups is 1. The minimum atomic E-state index is -0.0888. The normalized spacial score (nSPS) is 11.7. The van der Waals surface area contributed by atoms with E-state index >= 15 is 0 Å². The lowest BCUT2D eigenvalue weighted by Crippen LogP contribution is -2.40. The maximum Gasteiger partial charge on any atom is 0.252 e. The molecule has 0 aliphatic rings. The van der Waals surface area contributed by atoms with Crippen molar-refractivity contribution in [3.05, 3.63) is 96.3 Å². The largest absolute Gasteiger partial charge is 0.370 e. The third-order valence-electron chi connectivity index (χ3n) is 5.41. The summed E-state index contributed by atoms with van der Waals surface area (Å²) < 4.78 is 1.72. The van der Waals surface area contributed by atoms with Crippen molar-refractivity contribution < 1.29 is 4.79 Å². The quantitative estimate of drug-likeness (QED) is 0.379. The molecule has 3 aromatic carbocycles. The Morgan fingerprint density at radius 1 is 1.00 bits per heavy atom. The van der Waals surface area contributed by atoms with E-state index in [0.29, 0.717) is 17.9 Å². The molecule has 0 radical (unpaired) electrons. The first-order valence-electron chi connectivity index (χ1n) is 10.7. The van der Waals surface area contributed by atoms with Crippen LogP contribution in [0.1, 0.15) is 23.1 Å². The summed E-state index contributed by atoms with van der Waals surface area (Å²) in [6, 6.07) is 27.7. The fraction of sp³-hybridized carbons (Fsp3) is 0.200. The molecule has 1 atom stereocenters. The molecule has 1 aromatic heterocycles. The van der Waals surface area contributed by atoms with Gasteiger partial charge in [-0.2, -0.15) is 4.68 Å². The highest BCUT2D eigenvalue weighted by molar-refractivity contribution is 7.98. The van der Waals surface area contributed by atoms with E-state index in [1.807, 2.05) is 79.8 Å². The van der Waals surface area contributed by atoms with Gasteiger partial charge in [-0.05, 0) is 53.7 Å². The van der Waals surface area contributed by atoms with E-state index in [0.717, 1.165) is 22.1 Å². The van der Waals surface area contributed by atoms with Crippen LogP contribution in [0.25, 0.3) is 5.69 Å². The number of para-hydroxylation sites is 2. The summed E-state index contributed by atoms with van der Waals surface area (Å²) in [7, 11) is 2.03. The second-order valence-electron chi connectivity index (χ2n) is 7.63. The van der Waals surface area contributed by atoms with Gasteiger partial charge in [-0.3, -0.25) is 4.79 Å². The van der Waals surface area contributed by atoms with Gasteiger partial charge in [0.1, 0.15) is 0 Å². The van der Waals surface area contributed by atoms with E-state index in [1.165, 1.54) is 0 Å². The fourth-order valence-corrected chi connectivity index (χ4v) is 4.33. The number of benzene rings is 3. The van der Waals surface area contributed by atoms with E-state index in [2.05, 4.69) is 44.8 Å². The number of hydrogen-bond donors (Lipinski definition) is 1. The molecule has 1 unspecified atom stereocenters. The third kappa shape index (κ3) is 5.59. The molecule has 8 heteroatoms. The van der Waals surface area contributed by atoms with Crippen LogP contribution in [0.15, 0.2) is 89.8 Å². The molecule has 168 valence electrons. The first-order valence-corrected chi connectivity index (χ1v) is 11.7. The maximum absolute atomic E-state index is 13.0. The van der Waals surface area contributed by atoms with Crippen molar-refractivity contribution in [2.45, 2.75) is 23.6 Å². The summed E-state index contributed by atoms with van der Waals surface area (Å²) in [4.78, 5) is 16.0. The van der Waals surface area contributed by atoms with Gasteiger partial charge in [0, 0.05) is 30.2 Å². The van der Waals surface area contributed by atoms with Crippen LogP contribution in [0.5, 0.6) is 0 Å². The average Bonchev–Trinajstić information content (AvgIpc) is 3.35. The molecule has 4 rings (SSSR count). The Balaban J connectivity index is 1.40. The van der Waals surface area contributed by atoms with Crippen LogP contribution in [0, 0.1) is 0 Å². The monoisotopic (exact) mass is 458 g/mol. The number of carbonyl (C=O) groups excluding carboxylic acids is 1. The van der Waals surface area contributed by atoms with Crippen LogP contribution in [0.3, 0.4) is 0 Å². The fourth-order valence-electron chi connectivity index (χ4n) is 3.38. The molecule has 4 aromatic rings. The Morgan fingerprint density at radius 2 is 1.67 bits per heavy atom. The number of thioether (sulfide) groups is 1. The number of aromatic nitrogens is 4. The number of nitrogens with one attached hydrogen (secondary N) is 1. The van der Waals surface area contributed by atoms with Gasteiger partial charge in [-0.25, -0.2) is 0 Å². The smallest absolute Gasteiger partial charge is 0.252 e. The summed E-state index contributed by atoms with van der Waals surface area (Å²) >= 11 is 1.54. The van der Waals surface area contributed by atoms with Crippen LogP contribution in [-0.4, -0.2) is 45.7 Å². The standard InChI is InChI=1S/C25H26N6OS/c1-19(30(2)20-11-5-3-6-12-20)17-26-25(32)22-15-9-10-16-23(22)33-18-24-27-28-29-31(24)21-13-7-4-8-14-21/h3-16,19H,17-18H2,1-2H3,(H,26,32). The number of tetrazole rings is 1. The first-order chi connectivity index (χ1) is 16.1. The van der Waals surface area contributed by atoms with Gasteiger partial charge in [0.15, 0.2) is 5.82 Å². The molecule has 33 heavy (non-hydrogen) atoms. The molecule has 1 amide bonds. The van der Waals surface area contributed by atoms with Crippen molar-refractivity contribution >= 4 is 23.4 Å². The predicted molar refractivity (Wildman–Crippen MR) is 132 cm³/mol. The zero-order chi connectivity index (χ0) is 23.0. The molecule has 1 N–H and O–H groups in total. The molecule has 0 spiro atoms. The Labute approximate surface area is 197 Å². The van der Waals surface area contributed by atoms with Crippen molar-refractivity contribution in [2.24, 2.45) is 0 Å². The van der Waals surface area contributed by atoms with E-state index in [9.17, 15) is 4.79 Å². The van der Waals surface area contributed by atoms with Gasteiger partial charge in [-0.1, -0.05) is 48.5 Å². The van der Waals surface area contributed by atoms with Crippen molar-refractivity contribution in [3.8, 4) is 5.69 Å². The first kappa shape index (κ1) is 22.5.